The monoisotopic (exact) mass is 471 g/mol. The number of amides is 2. The molecule has 3 rings (SSSR count). The van der Waals surface area contributed by atoms with Crippen molar-refractivity contribution in [2.75, 3.05) is 5.32 Å². The fraction of sp³-hybridized carbons (Fsp3) is 0.0435. The first-order chi connectivity index (χ1) is 16.1. The Kier molecular flexibility index (Phi) is 7.26. The number of halogens is 3. The molecule has 0 atom stereocenters. The molecular weight excluding hydrogens is 455 g/mol. The number of nitro benzene ring substituents is 1. The Balaban J connectivity index is 1.92. The van der Waals surface area contributed by atoms with E-state index in [2.05, 4.69) is 15.4 Å². The maximum absolute atomic E-state index is 12.9. The van der Waals surface area contributed by atoms with Crippen molar-refractivity contribution in [2.24, 2.45) is 0 Å². The van der Waals surface area contributed by atoms with Crippen LogP contribution in [0.4, 0.5) is 24.5 Å². The zero-order valence-electron chi connectivity index (χ0n) is 17.2. The topological polar surface area (TPSA) is 111 Å². The van der Waals surface area contributed by atoms with Crippen molar-refractivity contribution in [1.29, 1.82) is 0 Å². The van der Waals surface area contributed by atoms with Crippen LogP contribution in [0.1, 0.15) is 15.9 Å². The number of hydrogen-bond donors (Lipinski definition) is 2. The number of carbonyl (C=O) groups is 2. The van der Waals surface area contributed by atoms with Crippen molar-refractivity contribution in [3.05, 3.63) is 106 Å². The molecule has 0 saturated carbocycles. The van der Waals surface area contributed by atoms with Gasteiger partial charge in [-0.2, -0.15) is 0 Å². The molecule has 11 heteroatoms. The van der Waals surface area contributed by atoms with Gasteiger partial charge in [-0.3, -0.25) is 19.7 Å². The zero-order chi connectivity index (χ0) is 24.7. The molecule has 0 aliphatic rings. The maximum atomic E-state index is 12.9. The van der Waals surface area contributed by atoms with Crippen molar-refractivity contribution in [3.8, 4) is 5.75 Å². The molecule has 174 valence electrons. The van der Waals surface area contributed by atoms with Crippen LogP contribution in [0.5, 0.6) is 5.75 Å². The highest BCUT2D eigenvalue weighted by Gasteiger charge is 2.32. The molecule has 0 saturated heterocycles. The van der Waals surface area contributed by atoms with Gasteiger partial charge in [0.25, 0.3) is 17.5 Å². The number of non-ortho nitro benzene ring substituents is 1. The van der Waals surface area contributed by atoms with Crippen LogP contribution in [0.25, 0.3) is 6.08 Å². The van der Waals surface area contributed by atoms with Gasteiger partial charge in [0.2, 0.25) is 0 Å². The Morgan fingerprint density at radius 2 is 1.53 bits per heavy atom. The highest BCUT2D eigenvalue weighted by Crippen LogP contribution is 2.30. The minimum atomic E-state index is -4.99. The Morgan fingerprint density at radius 3 is 2.15 bits per heavy atom. The highest BCUT2D eigenvalue weighted by molar-refractivity contribution is 6.11. The Morgan fingerprint density at radius 1 is 0.912 bits per heavy atom. The number of nitrogens with zero attached hydrogens (tertiary/aromatic N) is 1. The van der Waals surface area contributed by atoms with Crippen LogP contribution in [-0.2, 0) is 4.79 Å². The van der Waals surface area contributed by atoms with Crippen LogP contribution in [-0.4, -0.2) is 23.1 Å². The molecule has 34 heavy (non-hydrogen) atoms. The van der Waals surface area contributed by atoms with E-state index in [0.717, 1.165) is 6.07 Å². The van der Waals surface area contributed by atoms with Crippen molar-refractivity contribution in [2.45, 2.75) is 6.36 Å². The summed E-state index contributed by atoms with van der Waals surface area (Å²) in [5.74, 6) is -2.24. The average Bonchev–Trinajstić information content (AvgIpc) is 2.80. The second kappa shape index (κ2) is 10.3. The molecule has 0 radical (unpaired) electrons. The molecule has 0 fully saturated rings. The lowest BCUT2D eigenvalue weighted by molar-refractivity contribution is -0.384. The van der Waals surface area contributed by atoms with Crippen LogP contribution < -0.4 is 15.4 Å². The Hall–Kier alpha value is -4.67. The molecule has 3 aromatic carbocycles. The number of benzene rings is 3. The molecule has 2 N–H and O–H groups in total. The van der Waals surface area contributed by atoms with Gasteiger partial charge >= 0.3 is 6.36 Å². The number of nitro groups is 1. The van der Waals surface area contributed by atoms with Crippen LogP contribution in [0.3, 0.4) is 0 Å². The molecule has 0 aliphatic heterocycles. The molecule has 0 aromatic heterocycles. The van der Waals surface area contributed by atoms with E-state index in [4.69, 9.17) is 0 Å². The number of hydrogen-bond acceptors (Lipinski definition) is 5. The maximum Gasteiger partial charge on any atom is 0.573 e. The predicted molar refractivity (Wildman–Crippen MR) is 117 cm³/mol. The van der Waals surface area contributed by atoms with Gasteiger partial charge in [-0.25, -0.2) is 0 Å². The first kappa shape index (κ1) is 24.0. The van der Waals surface area contributed by atoms with E-state index in [9.17, 15) is 32.9 Å². The number of para-hydroxylation sites is 2. The minimum absolute atomic E-state index is 0.185. The first-order valence-corrected chi connectivity index (χ1v) is 9.61. The van der Waals surface area contributed by atoms with Gasteiger partial charge in [0.05, 0.1) is 10.6 Å². The van der Waals surface area contributed by atoms with Gasteiger partial charge in [-0.05, 0) is 48.0 Å². The number of rotatable bonds is 7. The lowest BCUT2D eigenvalue weighted by Gasteiger charge is -2.15. The van der Waals surface area contributed by atoms with E-state index in [1.165, 1.54) is 60.7 Å². The van der Waals surface area contributed by atoms with E-state index in [1.54, 1.807) is 18.2 Å². The van der Waals surface area contributed by atoms with Gasteiger partial charge in [0.1, 0.15) is 5.70 Å². The summed E-state index contributed by atoms with van der Waals surface area (Å²) in [5, 5.41) is 15.6. The van der Waals surface area contributed by atoms with Gasteiger partial charge in [0.15, 0.2) is 5.75 Å². The molecule has 0 bridgehead atoms. The molecular formula is C23H16F3N3O5. The molecule has 0 unspecified atom stereocenters. The molecule has 3 aromatic rings. The number of ether oxygens (including phenoxy) is 1. The van der Waals surface area contributed by atoms with Gasteiger partial charge in [-0.1, -0.05) is 30.3 Å². The largest absolute Gasteiger partial charge is 0.573 e. The zero-order valence-corrected chi connectivity index (χ0v) is 17.2. The van der Waals surface area contributed by atoms with Gasteiger partial charge < -0.3 is 15.4 Å². The summed E-state index contributed by atoms with van der Waals surface area (Å²) in [6, 6.07) is 17.9. The molecule has 0 heterocycles. The SMILES string of the molecule is O=C(Nc1ccccc1OC(F)(F)F)C(=Cc1ccc([N+](=O)[O-])cc1)NC(=O)c1ccccc1. The van der Waals surface area contributed by atoms with E-state index in [1.807, 2.05) is 0 Å². The average molecular weight is 471 g/mol. The smallest absolute Gasteiger partial charge is 0.404 e. The van der Waals surface area contributed by atoms with Crippen molar-refractivity contribution >= 4 is 29.3 Å². The van der Waals surface area contributed by atoms with E-state index < -0.39 is 28.8 Å². The minimum Gasteiger partial charge on any atom is -0.404 e. The highest BCUT2D eigenvalue weighted by atomic mass is 19.4. The lowest BCUT2D eigenvalue weighted by atomic mass is 10.1. The summed E-state index contributed by atoms with van der Waals surface area (Å²) < 4.78 is 42.0. The van der Waals surface area contributed by atoms with Crippen molar-refractivity contribution < 1.29 is 32.4 Å². The second-order valence-corrected chi connectivity index (χ2v) is 6.72. The first-order valence-electron chi connectivity index (χ1n) is 9.61. The molecule has 8 nitrogen and oxygen atoms in total. The van der Waals surface area contributed by atoms with Crippen molar-refractivity contribution in [3.63, 3.8) is 0 Å². The predicted octanol–water partition coefficient (Wildman–Crippen LogP) is 4.90. The normalized spacial score (nSPS) is 11.4. The fourth-order valence-corrected chi connectivity index (χ4v) is 2.77. The second-order valence-electron chi connectivity index (χ2n) is 6.72. The molecule has 2 amide bonds. The lowest BCUT2D eigenvalue weighted by Crippen LogP contribution is -2.31. The van der Waals surface area contributed by atoms with Gasteiger partial charge in [0, 0.05) is 17.7 Å². The number of anilines is 1. The number of carbonyl (C=O) groups excluding carboxylic acids is 2. The Labute approximate surface area is 190 Å². The quantitative estimate of drug-likeness (QED) is 0.289. The summed E-state index contributed by atoms with van der Waals surface area (Å²) in [5.41, 5.74) is -0.234. The third-order valence-electron chi connectivity index (χ3n) is 4.30. The van der Waals surface area contributed by atoms with E-state index >= 15 is 0 Å². The fourth-order valence-electron chi connectivity index (χ4n) is 2.77. The standard InChI is InChI=1S/C23H16F3N3O5/c24-23(25,26)34-20-9-5-4-8-18(20)27-22(31)19(28-21(30)16-6-2-1-3-7-16)14-15-10-12-17(13-11-15)29(32)33/h1-14H,(H,27,31)(H,28,30). The van der Waals surface area contributed by atoms with Crippen LogP contribution in [0.2, 0.25) is 0 Å². The summed E-state index contributed by atoms with van der Waals surface area (Å²) in [7, 11) is 0. The summed E-state index contributed by atoms with van der Waals surface area (Å²) in [4.78, 5) is 35.8. The third kappa shape index (κ3) is 6.66. The van der Waals surface area contributed by atoms with Gasteiger partial charge in [-0.15, -0.1) is 13.2 Å². The number of nitrogens with one attached hydrogen (secondary N) is 2. The molecule has 0 spiro atoms. The van der Waals surface area contributed by atoms with E-state index in [0.29, 0.717) is 5.56 Å². The number of alkyl halides is 3. The third-order valence-corrected chi connectivity index (χ3v) is 4.30. The summed E-state index contributed by atoms with van der Waals surface area (Å²) in [6.07, 6.45) is -3.76. The van der Waals surface area contributed by atoms with E-state index in [-0.39, 0.29) is 22.6 Å². The summed E-state index contributed by atoms with van der Waals surface area (Å²) >= 11 is 0. The van der Waals surface area contributed by atoms with Crippen LogP contribution in [0, 0.1) is 10.1 Å². The van der Waals surface area contributed by atoms with Crippen LogP contribution >= 0.6 is 0 Å². The summed E-state index contributed by atoms with van der Waals surface area (Å²) in [6.45, 7) is 0. The van der Waals surface area contributed by atoms with Crippen LogP contribution in [0.15, 0.2) is 84.6 Å². The Bertz CT molecular complexity index is 1230. The van der Waals surface area contributed by atoms with Crippen molar-refractivity contribution in [1.82, 2.24) is 5.32 Å². The molecule has 0 aliphatic carbocycles.